The maximum atomic E-state index is 10.6. The van der Waals surface area contributed by atoms with Crippen molar-refractivity contribution < 1.29 is 25.2 Å². The summed E-state index contributed by atoms with van der Waals surface area (Å²) in [6.07, 6.45) is -4.96. The fraction of sp³-hybridized carbons (Fsp3) is 0.833. The van der Waals surface area contributed by atoms with Gasteiger partial charge in [-0.2, -0.15) is 0 Å². The number of carbonyl (C=O) groups is 1. The second-order valence-electron chi connectivity index (χ2n) is 2.36. The average Bonchev–Trinajstić information content (AvgIpc) is 2.12. The predicted molar refractivity (Wildman–Crippen MR) is 39.2 cm³/mol. The van der Waals surface area contributed by atoms with Crippen molar-refractivity contribution in [1.82, 2.24) is 0 Å². The lowest BCUT2D eigenvalue weighted by molar-refractivity contribution is -0.138. The second-order valence-corrected chi connectivity index (χ2v) is 2.36. The molecular formula is C6H13NO5. The van der Waals surface area contributed by atoms with Crippen LogP contribution in [0.15, 0.2) is 0 Å². The van der Waals surface area contributed by atoms with Crippen LogP contribution in [0.3, 0.4) is 0 Å². The van der Waals surface area contributed by atoms with E-state index in [4.69, 9.17) is 26.2 Å². The smallest absolute Gasteiger partial charge is 0.177 e. The number of ketones is 1. The molecular weight excluding hydrogens is 166 g/mol. The van der Waals surface area contributed by atoms with Gasteiger partial charge >= 0.3 is 0 Å². The SMILES string of the molecule is NCC(=O)C(O)[C@H](O)[C@H](O)CO. The number of rotatable bonds is 5. The fourth-order valence-corrected chi connectivity index (χ4v) is 0.630. The van der Waals surface area contributed by atoms with Crippen molar-refractivity contribution in [2.24, 2.45) is 5.73 Å². The maximum Gasteiger partial charge on any atom is 0.177 e. The molecule has 0 aliphatic rings. The Balaban J connectivity index is 4.08. The summed E-state index contributed by atoms with van der Waals surface area (Å²) >= 11 is 0. The molecule has 0 fully saturated rings. The normalized spacial score (nSPS) is 18.4. The van der Waals surface area contributed by atoms with Crippen LogP contribution in [0.1, 0.15) is 0 Å². The Morgan fingerprint density at radius 2 is 1.83 bits per heavy atom. The molecule has 0 amide bonds. The summed E-state index contributed by atoms with van der Waals surface area (Å²) in [5.74, 6) is -0.782. The van der Waals surface area contributed by atoms with Crippen LogP contribution in [0, 0.1) is 0 Å². The number of hydrogen-bond acceptors (Lipinski definition) is 6. The van der Waals surface area contributed by atoms with Crippen molar-refractivity contribution in [3.63, 3.8) is 0 Å². The Morgan fingerprint density at radius 1 is 1.33 bits per heavy atom. The second kappa shape index (κ2) is 5.18. The summed E-state index contributed by atoms with van der Waals surface area (Å²) in [6, 6.07) is 0. The summed E-state index contributed by atoms with van der Waals surface area (Å²) in [5.41, 5.74) is 4.89. The predicted octanol–water partition coefficient (Wildman–Crippen LogP) is -3.41. The zero-order valence-corrected chi connectivity index (χ0v) is 6.42. The van der Waals surface area contributed by atoms with Gasteiger partial charge in [0.25, 0.3) is 0 Å². The standard InChI is InChI=1S/C6H13NO5/c7-1-3(9)5(11)6(12)4(10)2-8/h4-6,8,10-12H,1-2,7H2/t4-,5?,6-/m1/s1. The van der Waals surface area contributed by atoms with Gasteiger partial charge < -0.3 is 26.2 Å². The highest BCUT2D eigenvalue weighted by molar-refractivity contribution is 5.85. The van der Waals surface area contributed by atoms with E-state index in [9.17, 15) is 4.79 Å². The third kappa shape index (κ3) is 2.84. The number of aliphatic hydroxyl groups excluding tert-OH is 4. The highest BCUT2D eigenvalue weighted by Gasteiger charge is 2.28. The first kappa shape index (κ1) is 11.5. The van der Waals surface area contributed by atoms with Gasteiger partial charge in [-0.3, -0.25) is 4.79 Å². The minimum Gasteiger partial charge on any atom is -0.394 e. The minimum atomic E-state index is -1.74. The molecule has 0 aliphatic carbocycles. The van der Waals surface area contributed by atoms with Gasteiger partial charge in [0, 0.05) is 0 Å². The first-order valence-electron chi connectivity index (χ1n) is 3.42. The number of nitrogens with two attached hydrogens (primary N) is 1. The zero-order valence-electron chi connectivity index (χ0n) is 6.42. The molecule has 0 aliphatic heterocycles. The van der Waals surface area contributed by atoms with Crippen LogP contribution in [-0.2, 0) is 4.79 Å². The van der Waals surface area contributed by atoms with E-state index in [-0.39, 0.29) is 0 Å². The van der Waals surface area contributed by atoms with Gasteiger partial charge in [0.05, 0.1) is 13.2 Å². The van der Waals surface area contributed by atoms with E-state index in [1.807, 2.05) is 0 Å². The molecule has 12 heavy (non-hydrogen) atoms. The summed E-state index contributed by atoms with van der Waals surface area (Å²) in [7, 11) is 0. The van der Waals surface area contributed by atoms with Crippen LogP contribution in [0.2, 0.25) is 0 Å². The minimum absolute atomic E-state index is 0.420. The molecule has 0 heterocycles. The van der Waals surface area contributed by atoms with Gasteiger partial charge in [-0.05, 0) is 0 Å². The van der Waals surface area contributed by atoms with E-state index in [1.165, 1.54) is 0 Å². The molecule has 6 heteroatoms. The van der Waals surface area contributed by atoms with Crippen LogP contribution in [0.4, 0.5) is 0 Å². The van der Waals surface area contributed by atoms with Gasteiger partial charge in [0.1, 0.15) is 18.3 Å². The fourth-order valence-electron chi connectivity index (χ4n) is 0.630. The van der Waals surface area contributed by atoms with Crippen molar-refractivity contribution in [3.05, 3.63) is 0 Å². The topological polar surface area (TPSA) is 124 Å². The Hall–Kier alpha value is -0.530. The number of Topliss-reactive ketones (excluding diaryl/α,β-unsaturated/α-hetero) is 1. The van der Waals surface area contributed by atoms with Crippen LogP contribution < -0.4 is 5.73 Å². The van der Waals surface area contributed by atoms with Crippen LogP contribution in [0.25, 0.3) is 0 Å². The highest BCUT2D eigenvalue weighted by atomic mass is 16.4. The lowest BCUT2D eigenvalue weighted by Crippen LogP contribution is -2.45. The summed E-state index contributed by atoms with van der Waals surface area (Å²) < 4.78 is 0. The van der Waals surface area contributed by atoms with Gasteiger partial charge in [-0.15, -0.1) is 0 Å². The number of aliphatic hydroxyl groups is 4. The summed E-state index contributed by atoms with van der Waals surface area (Å²) in [6.45, 7) is -1.15. The van der Waals surface area contributed by atoms with Crippen LogP contribution in [0.5, 0.6) is 0 Å². The number of hydrogen-bond donors (Lipinski definition) is 5. The molecule has 6 nitrogen and oxygen atoms in total. The van der Waals surface area contributed by atoms with E-state index < -0.39 is 37.2 Å². The van der Waals surface area contributed by atoms with E-state index >= 15 is 0 Å². The van der Waals surface area contributed by atoms with Crippen molar-refractivity contribution in [3.8, 4) is 0 Å². The largest absolute Gasteiger partial charge is 0.394 e. The lowest BCUT2D eigenvalue weighted by atomic mass is 10.1. The number of carbonyl (C=O) groups excluding carboxylic acids is 1. The molecule has 0 rings (SSSR count). The molecule has 0 saturated heterocycles. The van der Waals surface area contributed by atoms with E-state index in [0.717, 1.165) is 0 Å². The van der Waals surface area contributed by atoms with Crippen molar-refractivity contribution in [2.75, 3.05) is 13.2 Å². The summed E-state index contributed by atoms with van der Waals surface area (Å²) in [4.78, 5) is 10.6. The molecule has 0 aromatic rings. The Labute approximate surface area is 69.2 Å². The first-order chi connectivity index (χ1) is 5.54. The van der Waals surface area contributed by atoms with Gasteiger partial charge in [-0.25, -0.2) is 0 Å². The molecule has 0 spiro atoms. The zero-order chi connectivity index (χ0) is 9.72. The van der Waals surface area contributed by atoms with Gasteiger partial charge in [0.2, 0.25) is 0 Å². The molecule has 0 aromatic heterocycles. The Bertz CT molecular complexity index is 151. The molecule has 0 bridgehead atoms. The van der Waals surface area contributed by atoms with Crippen molar-refractivity contribution >= 4 is 5.78 Å². The van der Waals surface area contributed by atoms with E-state index in [1.54, 1.807) is 0 Å². The third-order valence-electron chi connectivity index (χ3n) is 1.44. The molecule has 0 radical (unpaired) electrons. The monoisotopic (exact) mass is 179 g/mol. The molecule has 72 valence electrons. The molecule has 1 unspecified atom stereocenters. The third-order valence-corrected chi connectivity index (χ3v) is 1.44. The Morgan fingerprint density at radius 3 is 2.17 bits per heavy atom. The van der Waals surface area contributed by atoms with Crippen molar-refractivity contribution in [1.29, 1.82) is 0 Å². The Kier molecular flexibility index (Phi) is 4.95. The lowest BCUT2D eigenvalue weighted by Gasteiger charge is -2.19. The molecule has 3 atom stereocenters. The van der Waals surface area contributed by atoms with Crippen molar-refractivity contribution in [2.45, 2.75) is 18.3 Å². The average molecular weight is 179 g/mol. The quantitative estimate of drug-likeness (QED) is 0.299. The van der Waals surface area contributed by atoms with E-state index in [0.29, 0.717) is 0 Å². The first-order valence-corrected chi connectivity index (χ1v) is 3.42. The summed E-state index contributed by atoms with van der Waals surface area (Å²) in [5, 5.41) is 35.0. The molecule has 0 saturated carbocycles. The highest BCUT2D eigenvalue weighted by Crippen LogP contribution is 2.00. The maximum absolute atomic E-state index is 10.6. The molecule has 6 N–H and O–H groups in total. The van der Waals surface area contributed by atoms with Gasteiger partial charge in [-0.1, -0.05) is 0 Å². The molecule has 0 aromatic carbocycles. The van der Waals surface area contributed by atoms with Crippen LogP contribution >= 0.6 is 0 Å². The van der Waals surface area contributed by atoms with Crippen LogP contribution in [-0.4, -0.2) is 57.7 Å². The van der Waals surface area contributed by atoms with Gasteiger partial charge in [0.15, 0.2) is 5.78 Å². The van der Waals surface area contributed by atoms with E-state index in [2.05, 4.69) is 0 Å².